The van der Waals surface area contributed by atoms with Crippen LogP contribution in [-0.4, -0.2) is 34.0 Å². The van der Waals surface area contributed by atoms with Crippen LogP contribution < -0.4 is 5.32 Å². The quantitative estimate of drug-likeness (QED) is 0.644. The van der Waals surface area contributed by atoms with Crippen LogP contribution in [0.1, 0.15) is 30.4 Å². The number of thiophene rings is 1. The molecule has 0 radical (unpaired) electrons. The van der Waals surface area contributed by atoms with Gasteiger partial charge in [0.05, 0.1) is 9.72 Å². The van der Waals surface area contributed by atoms with Crippen molar-refractivity contribution in [2.45, 2.75) is 38.8 Å². The van der Waals surface area contributed by atoms with E-state index >= 15 is 0 Å². The van der Waals surface area contributed by atoms with E-state index in [1.165, 1.54) is 17.4 Å². The molecule has 1 atom stereocenters. The van der Waals surface area contributed by atoms with E-state index in [9.17, 15) is 4.39 Å². The lowest BCUT2D eigenvalue weighted by molar-refractivity contribution is 0.276. The number of hydrogen-bond donors (Lipinski definition) is 1. The van der Waals surface area contributed by atoms with Crippen molar-refractivity contribution in [2.24, 2.45) is 0 Å². The van der Waals surface area contributed by atoms with Crippen molar-refractivity contribution >= 4 is 39.0 Å². The molecule has 0 saturated carbocycles. The van der Waals surface area contributed by atoms with Crippen LogP contribution in [-0.2, 0) is 6.54 Å². The van der Waals surface area contributed by atoms with Crippen molar-refractivity contribution in [1.29, 1.82) is 0 Å². The fourth-order valence-electron chi connectivity index (χ4n) is 3.70. The topological polar surface area (TPSA) is 41.1 Å². The summed E-state index contributed by atoms with van der Waals surface area (Å²) < 4.78 is 14.2. The highest BCUT2D eigenvalue weighted by molar-refractivity contribution is 7.22. The van der Waals surface area contributed by atoms with Crippen LogP contribution in [0.25, 0.3) is 10.2 Å². The van der Waals surface area contributed by atoms with Gasteiger partial charge in [0, 0.05) is 19.1 Å². The van der Waals surface area contributed by atoms with Crippen molar-refractivity contribution < 1.29 is 4.39 Å². The van der Waals surface area contributed by atoms with Gasteiger partial charge >= 0.3 is 0 Å². The van der Waals surface area contributed by atoms with Crippen LogP contribution >= 0.6 is 22.9 Å². The molecule has 1 N–H and O–H groups in total. The first-order chi connectivity index (χ1) is 13.1. The number of nitrogens with one attached hydrogen (secondary N) is 1. The summed E-state index contributed by atoms with van der Waals surface area (Å²) >= 11 is 7.79. The maximum Gasteiger partial charge on any atom is 0.138 e. The highest BCUT2D eigenvalue weighted by atomic mass is 35.5. The molecule has 3 heterocycles. The van der Waals surface area contributed by atoms with E-state index in [4.69, 9.17) is 11.6 Å². The summed E-state index contributed by atoms with van der Waals surface area (Å²) in [6, 6.07) is 7.25. The summed E-state index contributed by atoms with van der Waals surface area (Å²) in [6.07, 6.45) is 4.81. The maximum absolute atomic E-state index is 13.4. The summed E-state index contributed by atoms with van der Waals surface area (Å²) in [4.78, 5) is 12.1. The van der Waals surface area contributed by atoms with Crippen LogP contribution in [0.5, 0.6) is 0 Å². The van der Waals surface area contributed by atoms with Crippen LogP contribution in [0, 0.1) is 12.7 Å². The SMILES string of the molecule is Cc1c(Cl)sc2ncnc(NC3CCCN(Cc4cccc(F)c4)CC3)c12. The number of fused-ring (bicyclic) bond motifs is 1. The van der Waals surface area contributed by atoms with Crippen LogP contribution in [0.2, 0.25) is 4.34 Å². The zero-order valence-corrected chi connectivity index (χ0v) is 16.8. The average molecular weight is 405 g/mol. The lowest BCUT2D eigenvalue weighted by atomic mass is 10.1. The van der Waals surface area contributed by atoms with Gasteiger partial charge in [0.2, 0.25) is 0 Å². The first-order valence-electron chi connectivity index (χ1n) is 9.23. The average Bonchev–Trinajstić information content (AvgIpc) is 2.80. The molecule has 1 unspecified atom stereocenters. The van der Waals surface area contributed by atoms with E-state index in [1.807, 2.05) is 13.0 Å². The third kappa shape index (κ3) is 4.23. The number of likely N-dealkylation sites (tertiary alicyclic amines) is 1. The number of benzene rings is 1. The first kappa shape index (κ1) is 18.6. The summed E-state index contributed by atoms with van der Waals surface area (Å²) in [5.74, 6) is 0.712. The minimum Gasteiger partial charge on any atom is -0.367 e. The molecule has 0 aliphatic carbocycles. The molecule has 2 aromatic heterocycles. The van der Waals surface area contributed by atoms with Crippen molar-refractivity contribution in [2.75, 3.05) is 18.4 Å². The zero-order valence-electron chi connectivity index (χ0n) is 15.2. The van der Waals surface area contributed by atoms with E-state index < -0.39 is 0 Å². The Hall–Kier alpha value is -1.76. The number of rotatable bonds is 4. The summed E-state index contributed by atoms with van der Waals surface area (Å²) in [7, 11) is 0. The lowest BCUT2D eigenvalue weighted by Crippen LogP contribution is -2.26. The first-order valence-corrected chi connectivity index (χ1v) is 10.4. The summed E-state index contributed by atoms with van der Waals surface area (Å²) in [6.45, 7) is 4.81. The Balaban J connectivity index is 1.43. The van der Waals surface area contributed by atoms with Gasteiger partial charge in [-0.15, -0.1) is 11.3 Å². The predicted octanol–water partition coefficient (Wildman–Crippen LogP) is 5.26. The minimum atomic E-state index is -0.167. The van der Waals surface area contributed by atoms with E-state index in [0.29, 0.717) is 6.04 Å². The van der Waals surface area contributed by atoms with Gasteiger partial charge in [-0.1, -0.05) is 23.7 Å². The lowest BCUT2D eigenvalue weighted by Gasteiger charge is -2.21. The minimum absolute atomic E-state index is 0.167. The molecule has 1 aromatic carbocycles. The Morgan fingerprint density at radius 1 is 1.30 bits per heavy atom. The van der Waals surface area contributed by atoms with Gasteiger partial charge < -0.3 is 5.32 Å². The Kier molecular flexibility index (Phi) is 5.57. The molecule has 0 bridgehead atoms. The fourth-order valence-corrected chi connectivity index (χ4v) is 4.89. The Labute approximate surface area is 167 Å². The van der Waals surface area contributed by atoms with Gasteiger partial charge in [0.1, 0.15) is 22.8 Å². The third-order valence-corrected chi connectivity index (χ3v) is 6.63. The Morgan fingerprint density at radius 3 is 3.04 bits per heavy atom. The third-order valence-electron chi connectivity index (χ3n) is 5.13. The highest BCUT2D eigenvalue weighted by Gasteiger charge is 2.20. The number of nitrogens with zero attached hydrogens (tertiary/aromatic N) is 3. The van der Waals surface area contributed by atoms with Crippen molar-refractivity contribution in [3.05, 3.63) is 51.9 Å². The van der Waals surface area contributed by atoms with E-state index in [2.05, 4.69) is 20.2 Å². The molecule has 7 heteroatoms. The number of halogens is 2. The van der Waals surface area contributed by atoms with E-state index in [1.54, 1.807) is 18.5 Å². The van der Waals surface area contributed by atoms with Gasteiger partial charge in [-0.2, -0.15) is 0 Å². The van der Waals surface area contributed by atoms with Crippen molar-refractivity contribution in [3.8, 4) is 0 Å². The highest BCUT2D eigenvalue weighted by Crippen LogP contribution is 2.36. The number of hydrogen-bond acceptors (Lipinski definition) is 5. The van der Waals surface area contributed by atoms with Gasteiger partial charge in [0.25, 0.3) is 0 Å². The Bertz CT molecular complexity index is 945. The molecule has 0 spiro atoms. The largest absolute Gasteiger partial charge is 0.367 e. The molecule has 142 valence electrons. The second-order valence-electron chi connectivity index (χ2n) is 7.08. The van der Waals surface area contributed by atoms with Gasteiger partial charge in [-0.25, -0.2) is 14.4 Å². The second-order valence-corrected chi connectivity index (χ2v) is 8.68. The molecular formula is C20H22ClFN4S. The summed E-state index contributed by atoms with van der Waals surface area (Å²) in [5, 5.41) is 4.66. The standard InChI is InChI=1S/C20H22ClFN4S/c1-13-17-19(23-12-24-20(17)27-18(13)21)25-16-6-3-8-26(9-7-16)11-14-4-2-5-15(22)10-14/h2,4-5,10,12,16H,3,6-9,11H2,1H3,(H,23,24,25). The smallest absolute Gasteiger partial charge is 0.138 e. The molecule has 1 aliphatic rings. The number of aromatic nitrogens is 2. The van der Waals surface area contributed by atoms with Gasteiger partial charge in [-0.05, 0) is 56.0 Å². The molecular weight excluding hydrogens is 383 g/mol. The van der Waals surface area contributed by atoms with Crippen molar-refractivity contribution in [3.63, 3.8) is 0 Å². The van der Waals surface area contributed by atoms with Crippen LogP contribution in [0.4, 0.5) is 10.2 Å². The molecule has 0 amide bonds. The molecule has 1 saturated heterocycles. The number of anilines is 1. The molecule has 1 fully saturated rings. The summed E-state index contributed by atoms with van der Waals surface area (Å²) in [5.41, 5.74) is 2.07. The van der Waals surface area contributed by atoms with Crippen LogP contribution in [0.3, 0.4) is 0 Å². The Morgan fingerprint density at radius 2 is 2.19 bits per heavy atom. The van der Waals surface area contributed by atoms with Crippen LogP contribution in [0.15, 0.2) is 30.6 Å². The maximum atomic E-state index is 13.4. The second kappa shape index (κ2) is 8.09. The van der Waals surface area contributed by atoms with E-state index in [-0.39, 0.29) is 5.82 Å². The fraction of sp³-hybridized carbons (Fsp3) is 0.400. The van der Waals surface area contributed by atoms with Gasteiger partial charge in [-0.3, -0.25) is 4.90 Å². The molecule has 4 rings (SSSR count). The molecule has 1 aliphatic heterocycles. The zero-order chi connectivity index (χ0) is 18.8. The predicted molar refractivity (Wildman–Crippen MR) is 110 cm³/mol. The molecule has 4 nitrogen and oxygen atoms in total. The van der Waals surface area contributed by atoms with Crippen molar-refractivity contribution in [1.82, 2.24) is 14.9 Å². The molecule has 3 aromatic rings. The normalized spacial score (nSPS) is 18.6. The monoisotopic (exact) mass is 404 g/mol. The molecule has 27 heavy (non-hydrogen) atoms. The van der Waals surface area contributed by atoms with E-state index in [0.717, 1.165) is 70.4 Å². The van der Waals surface area contributed by atoms with Gasteiger partial charge in [0.15, 0.2) is 0 Å². The number of aryl methyl sites for hydroxylation is 1.